The first kappa shape index (κ1) is 12.7. The van der Waals surface area contributed by atoms with Gasteiger partial charge in [0.1, 0.15) is 12.4 Å². The molecule has 2 aromatic rings. The Morgan fingerprint density at radius 3 is 3.00 bits per heavy atom. The highest BCUT2D eigenvalue weighted by atomic mass is 16.5. The molecule has 20 heavy (non-hydrogen) atoms. The van der Waals surface area contributed by atoms with Crippen molar-refractivity contribution in [2.45, 2.75) is 25.9 Å². The number of carbonyl (C=O) groups excluding carboxylic acids is 1. The molecule has 0 fully saturated rings. The van der Waals surface area contributed by atoms with Crippen LogP contribution in [-0.4, -0.2) is 5.91 Å². The molecule has 3 N–H and O–H groups in total. The van der Waals surface area contributed by atoms with Crippen LogP contribution < -0.4 is 16.0 Å². The number of carbonyl (C=O) groups is 1. The molecule has 0 bridgehead atoms. The number of nitrogens with two attached hydrogens (primary N) is 1. The van der Waals surface area contributed by atoms with Gasteiger partial charge in [0.05, 0.1) is 11.8 Å². The summed E-state index contributed by atoms with van der Waals surface area (Å²) in [6.07, 6.45) is 4.91. The lowest BCUT2D eigenvalue weighted by atomic mass is 10.1. The Labute approximate surface area is 116 Å². The van der Waals surface area contributed by atoms with E-state index in [2.05, 4.69) is 17.6 Å². The molecular weight excluding hydrogens is 256 g/mol. The number of nitrogens with one attached hydrogen (secondary N) is 1. The van der Waals surface area contributed by atoms with Gasteiger partial charge in [-0.05, 0) is 48.6 Å². The first-order valence-corrected chi connectivity index (χ1v) is 6.60. The van der Waals surface area contributed by atoms with E-state index >= 15 is 0 Å². The average Bonchev–Trinajstić information content (AvgIpc) is 3.12. The predicted molar refractivity (Wildman–Crippen MR) is 73.2 cm³/mol. The topological polar surface area (TPSA) is 77.5 Å². The Balaban J connectivity index is 1.71. The van der Waals surface area contributed by atoms with Gasteiger partial charge in [0.15, 0.2) is 5.76 Å². The van der Waals surface area contributed by atoms with Gasteiger partial charge in [-0.1, -0.05) is 6.07 Å². The van der Waals surface area contributed by atoms with Crippen LogP contribution in [0.25, 0.3) is 0 Å². The van der Waals surface area contributed by atoms with Crippen LogP contribution in [0.3, 0.4) is 0 Å². The summed E-state index contributed by atoms with van der Waals surface area (Å²) in [7, 11) is 0. The van der Waals surface area contributed by atoms with Gasteiger partial charge >= 0.3 is 0 Å². The summed E-state index contributed by atoms with van der Waals surface area (Å²) < 4.78 is 11.0. The zero-order valence-electron chi connectivity index (χ0n) is 11.0. The maximum Gasteiger partial charge on any atom is 0.268 e. The Hall–Kier alpha value is -2.27. The van der Waals surface area contributed by atoms with E-state index < -0.39 is 0 Å². The quantitative estimate of drug-likeness (QED) is 0.506. The first-order chi connectivity index (χ1) is 9.78. The van der Waals surface area contributed by atoms with Crippen LogP contribution in [0.5, 0.6) is 5.75 Å². The van der Waals surface area contributed by atoms with Crippen molar-refractivity contribution in [3.63, 3.8) is 0 Å². The zero-order valence-corrected chi connectivity index (χ0v) is 11.0. The van der Waals surface area contributed by atoms with Crippen molar-refractivity contribution in [2.75, 3.05) is 0 Å². The van der Waals surface area contributed by atoms with Gasteiger partial charge in [0, 0.05) is 0 Å². The van der Waals surface area contributed by atoms with Crippen molar-refractivity contribution in [3.8, 4) is 5.75 Å². The van der Waals surface area contributed by atoms with Crippen LogP contribution in [0, 0.1) is 0 Å². The number of furan rings is 1. The Kier molecular flexibility index (Phi) is 3.43. The minimum Gasteiger partial charge on any atom is -0.486 e. The van der Waals surface area contributed by atoms with Crippen LogP contribution in [0.2, 0.25) is 0 Å². The van der Waals surface area contributed by atoms with E-state index in [4.69, 9.17) is 15.0 Å². The number of rotatable bonds is 4. The number of hydrogen-bond donors (Lipinski definition) is 2. The Morgan fingerprint density at radius 2 is 2.15 bits per heavy atom. The summed E-state index contributed by atoms with van der Waals surface area (Å²) in [4.78, 5) is 11.5. The van der Waals surface area contributed by atoms with E-state index in [1.54, 1.807) is 6.07 Å². The molecule has 1 aromatic heterocycles. The lowest BCUT2D eigenvalue weighted by molar-refractivity contribution is 0.0949. The highest BCUT2D eigenvalue weighted by Gasteiger charge is 2.15. The van der Waals surface area contributed by atoms with E-state index in [0.717, 1.165) is 18.6 Å². The molecule has 1 aromatic carbocycles. The molecule has 3 rings (SSSR count). The molecule has 1 aliphatic rings. The van der Waals surface area contributed by atoms with Gasteiger partial charge in [0.2, 0.25) is 0 Å². The minimum atomic E-state index is -0.383. The van der Waals surface area contributed by atoms with E-state index in [1.807, 2.05) is 6.07 Å². The largest absolute Gasteiger partial charge is 0.486 e. The summed E-state index contributed by atoms with van der Waals surface area (Å²) in [5.41, 5.74) is 5.23. The SMILES string of the molecule is NNC(=O)c1ccoc1COc1ccc2c(c1)CCC2. The highest BCUT2D eigenvalue weighted by Crippen LogP contribution is 2.26. The number of nitrogen functional groups attached to an aromatic ring is 1. The van der Waals surface area contributed by atoms with Gasteiger partial charge in [-0.2, -0.15) is 0 Å². The fourth-order valence-electron chi connectivity index (χ4n) is 2.52. The second-order valence-electron chi connectivity index (χ2n) is 4.80. The van der Waals surface area contributed by atoms with Crippen LogP contribution in [0.15, 0.2) is 34.9 Å². The van der Waals surface area contributed by atoms with Gasteiger partial charge < -0.3 is 9.15 Å². The Morgan fingerprint density at radius 1 is 1.30 bits per heavy atom. The molecule has 0 aliphatic heterocycles. The van der Waals surface area contributed by atoms with Crippen molar-refractivity contribution in [2.24, 2.45) is 5.84 Å². The number of hydrogen-bond acceptors (Lipinski definition) is 4. The van der Waals surface area contributed by atoms with Crippen molar-refractivity contribution >= 4 is 5.91 Å². The normalized spacial score (nSPS) is 13.1. The van der Waals surface area contributed by atoms with Crippen molar-refractivity contribution in [1.82, 2.24) is 5.43 Å². The number of hydrazine groups is 1. The second kappa shape index (κ2) is 5.38. The fourth-order valence-corrected chi connectivity index (χ4v) is 2.52. The molecule has 0 radical (unpaired) electrons. The summed E-state index contributed by atoms with van der Waals surface area (Å²) >= 11 is 0. The minimum absolute atomic E-state index is 0.203. The lowest BCUT2D eigenvalue weighted by Gasteiger charge is -2.07. The monoisotopic (exact) mass is 272 g/mol. The first-order valence-electron chi connectivity index (χ1n) is 6.60. The molecule has 104 valence electrons. The number of amides is 1. The third kappa shape index (κ3) is 2.40. The van der Waals surface area contributed by atoms with Crippen molar-refractivity contribution in [3.05, 3.63) is 53.0 Å². The van der Waals surface area contributed by atoms with Crippen molar-refractivity contribution < 1.29 is 13.9 Å². The molecule has 0 saturated heterocycles. The molecule has 5 heteroatoms. The van der Waals surface area contributed by atoms with E-state index in [9.17, 15) is 4.79 Å². The number of fused-ring (bicyclic) bond motifs is 1. The van der Waals surface area contributed by atoms with Gasteiger partial charge in [-0.25, -0.2) is 5.84 Å². The number of aryl methyl sites for hydroxylation is 2. The molecule has 0 saturated carbocycles. The van der Waals surface area contributed by atoms with E-state index in [0.29, 0.717) is 11.3 Å². The summed E-state index contributed by atoms with van der Waals surface area (Å²) in [6, 6.07) is 7.70. The summed E-state index contributed by atoms with van der Waals surface area (Å²) in [6.45, 7) is 0.203. The van der Waals surface area contributed by atoms with Crippen LogP contribution in [-0.2, 0) is 19.4 Å². The van der Waals surface area contributed by atoms with Crippen LogP contribution in [0.4, 0.5) is 0 Å². The van der Waals surface area contributed by atoms with Gasteiger partial charge in [-0.15, -0.1) is 0 Å². The smallest absolute Gasteiger partial charge is 0.268 e. The lowest BCUT2D eigenvalue weighted by Crippen LogP contribution is -2.30. The molecule has 0 unspecified atom stereocenters. The number of benzene rings is 1. The molecule has 5 nitrogen and oxygen atoms in total. The third-order valence-corrected chi connectivity index (χ3v) is 3.56. The van der Waals surface area contributed by atoms with E-state index in [1.165, 1.54) is 23.8 Å². The predicted octanol–water partition coefficient (Wildman–Crippen LogP) is 1.95. The summed E-state index contributed by atoms with van der Waals surface area (Å²) in [5.74, 6) is 5.99. The molecule has 0 atom stereocenters. The van der Waals surface area contributed by atoms with Crippen molar-refractivity contribution in [1.29, 1.82) is 0 Å². The van der Waals surface area contributed by atoms with Crippen LogP contribution in [0.1, 0.15) is 33.7 Å². The molecule has 1 amide bonds. The average molecular weight is 272 g/mol. The summed E-state index contributed by atoms with van der Waals surface area (Å²) in [5, 5.41) is 0. The van der Waals surface area contributed by atoms with Gasteiger partial charge in [0.25, 0.3) is 5.91 Å². The fraction of sp³-hybridized carbons (Fsp3) is 0.267. The third-order valence-electron chi connectivity index (χ3n) is 3.56. The maximum atomic E-state index is 11.5. The second-order valence-corrected chi connectivity index (χ2v) is 4.80. The van der Waals surface area contributed by atoms with Crippen LogP contribution >= 0.6 is 0 Å². The molecule has 1 heterocycles. The Bertz CT molecular complexity index is 634. The maximum absolute atomic E-state index is 11.5. The van der Waals surface area contributed by atoms with Gasteiger partial charge in [-0.3, -0.25) is 10.2 Å². The number of ether oxygens (including phenoxy) is 1. The standard InChI is InChI=1S/C15H16N2O3/c16-17-15(18)13-6-7-19-14(13)9-20-12-5-4-10-2-1-3-11(10)8-12/h4-8H,1-3,9,16H2,(H,17,18). The highest BCUT2D eigenvalue weighted by molar-refractivity contribution is 5.94. The van der Waals surface area contributed by atoms with E-state index in [-0.39, 0.29) is 12.5 Å². The molecule has 1 aliphatic carbocycles. The molecule has 0 spiro atoms. The zero-order chi connectivity index (χ0) is 13.9. The molecular formula is C15H16N2O3.